The van der Waals surface area contributed by atoms with E-state index in [1.807, 2.05) is 49.4 Å². The summed E-state index contributed by atoms with van der Waals surface area (Å²) in [5.74, 6) is 0. The molecule has 0 radical (unpaired) electrons. The summed E-state index contributed by atoms with van der Waals surface area (Å²) in [5.41, 5.74) is 1.76. The average Bonchev–Trinajstić information content (AvgIpc) is 2.89. The summed E-state index contributed by atoms with van der Waals surface area (Å²) in [7, 11) is 0. The van der Waals surface area contributed by atoms with Crippen molar-refractivity contribution in [3.8, 4) is 0 Å². The van der Waals surface area contributed by atoms with Gasteiger partial charge in [-0.3, -0.25) is 5.32 Å². The number of anilines is 1. The molecular weight excluding hydrogens is 318 g/mol. The SMILES string of the molecule is CC(NC(=O)Nc1nc2ccccc2s1)c1ccccc1Cl. The van der Waals surface area contributed by atoms with Gasteiger partial charge in [-0.05, 0) is 30.7 Å². The minimum Gasteiger partial charge on any atom is -0.331 e. The summed E-state index contributed by atoms with van der Waals surface area (Å²) in [5, 5.41) is 6.84. The molecule has 2 N–H and O–H groups in total. The molecule has 0 aliphatic heterocycles. The normalized spacial score (nSPS) is 12.1. The highest BCUT2D eigenvalue weighted by atomic mass is 35.5. The highest BCUT2D eigenvalue weighted by Crippen LogP contribution is 2.26. The molecule has 3 aromatic rings. The van der Waals surface area contributed by atoms with E-state index in [2.05, 4.69) is 15.6 Å². The molecule has 0 saturated carbocycles. The van der Waals surface area contributed by atoms with Crippen molar-refractivity contribution in [2.45, 2.75) is 13.0 Å². The molecule has 1 atom stereocenters. The highest BCUT2D eigenvalue weighted by molar-refractivity contribution is 7.22. The van der Waals surface area contributed by atoms with Gasteiger partial charge in [0.15, 0.2) is 5.13 Å². The molecule has 0 fully saturated rings. The summed E-state index contributed by atoms with van der Waals surface area (Å²) in [4.78, 5) is 16.5. The second kappa shape index (κ2) is 6.34. The van der Waals surface area contributed by atoms with E-state index in [1.165, 1.54) is 11.3 Å². The second-order valence-electron chi connectivity index (χ2n) is 4.83. The number of hydrogen-bond donors (Lipinski definition) is 2. The summed E-state index contributed by atoms with van der Waals surface area (Å²) in [6.45, 7) is 1.89. The number of rotatable bonds is 3. The van der Waals surface area contributed by atoms with E-state index >= 15 is 0 Å². The number of carbonyl (C=O) groups is 1. The third kappa shape index (κ3) is 3.21. The number of hydrogen-bond acceptors (Lipinski definition) is 3. The lowest BCUT2D eigenvalue weighted by Gasteiger charge is -2.15. The van der Waals surface area contributed by atoms with E-state index in [0.29, 0.717) is 10.2 Å². The van der Waals surface area contributed by atoms with Crippen molar-refractivity contribution >= 4 is 44.3 Å². The van der Waals surface area contributed by atoms with Gasteiger partial charge in [-0.25, -0.2) is 9.78 Å². The van der Waals surface area contributed by atoms with Gasteiger partial charge in [-0.2, -0.15) is 0 Å². The molecule has 1 unspecified atom stereocenters. The molecule has 4 nitrogen and oxygen atoms in total. The predicted molar refractivity (Wildman–Crippen MR) is 91.6 cm³/mol. The quantitative estimate of drug-likeness (QED) is 0.722. The van der Waals surface area contributed by atoms with Crippen LogP contribution in [-0.2, 0) is 0 Å². The Balaban J connectivity index is 1.68. The van der Waals surface area contributed by atoms with E-state index in [-0.39, 0.29) is 12.1 Å². The fraction of sp³-hybridized carbons (Fsp3) is 0.125. The van der Waals surface area contributed by atoms with Crippen molar-refractivity contribution in [3.63, 3.8) is 0 Å². The molecule has 112 valence electrons. The molecule has 0 bridgehead atoms. The Hall–Kier alpha value is -2.11. The van der Waals surface area contributed by atoms with Crippen molar-refractivity contribution in [1.82, 2.24) is 10.3 Å². The smallest absolute Gasteiger partial charge is 0.321 e. The number of aromatic nitrogens is 1. The third-order valence-electron chi connectivity index (χ3n) is 3.23. The van der Waals surface area contributed by atoms with Crippen molar-refractivity contribution in [1.29, 1.82) is 0 Å². The number of amides is 2. The number of benzene rings is 2. The van der Waals surface area contributed by atoms with E-state index in [4.69, 9.17) is 11.6 Å². The largest absolute Gasteiger partial charge is 0.331 e. The lowest BCUT2D eigenvalue weighted by molar-refractivity contribution is 0.249. The highest BCUT2D eigenvalue weighted by Gasteiger charge is 2.13. The third-order valence-corrected chi connectivity index (χ3v) is 4.53. The number of thiazole rings is 1. The zero-order valence-electron chi connectivity index (χ0n) is 11.8. The summed E-state index contributed by atoms with van der Waals surface area (Å²) >= 11 is 7.58. The van der Waals surface area contributed by atoms with Crippen LogP contribution in [0.1, 0.15) is 18.5 Å². The maximum Gasteiger partial charge on any atom is 0.321 e. The average molecular weight is 332 g/mol. The van der Waals surface area contributed by atoms with Crippen LogP contribution in [0.15, 0.2) is 48.5 Å². The van der Waals surface area contributed by atoms with Crippen LogP contribution in [0, 0.1) is 0 Å². The van der Waals surface area contributed by atoms with Crippen molar-refractivity contribution < 1.29 is 4.79 Å². The van der Waals surface area contributed by atoms with E-state index in [0.717, 1.165) is 15.8 Å². The maximum atomic E-state index is 12.1. The fourth-order valence-corrected chi connectivity index (χ4v) is 3.32. The molecule has 1 aromatic heterocycles. The number of nitrogens with one attached hydrogen (secondary N) is 2. The Morgan fingerprint density at radius 1 is 1.18 bits per heavy atom. The molecule has 2 aromatic carbocycles. The van der Waals surface area contributed by atoms with Crippen LogP contribution in [0.4, 0.5) is 9.93 Å². The van der Waals surface area contributed by atoms with Gasteiger partial charge < -0.3 is 5.32 Å². The molecule has 0 spiro atoms. The minimum absolute atomic E-state index is 0.192. The number of halogens is 1. The number of fused-ring (bicyclic) bond motifs is 1. The van der Waals surface area contributed by atoms with Gasteiger partial charge in [0, 0.05) is 5.02 Å². The number of urea groups is 1. The molecule has 0 saturated heterocycles. The van der Waals surface area contributed by atoms with E-state index in [1.54, 1.807) is 6.07 Å². The molecule has 1 heterocycles. The zero-order chi connectivity index (χ0) is 15.5. The Labute approximate surface area is 137 Å². The van der Waals surface area contributed by atoms with Gasteiger partial charge >= 0.3 is 6.03 Å². The molecule has 0 aliphatic carbocycles. The van der Waals surface area contributed by atoms with Gasteiger partial charge in [-0.1, -0.05) is 53.3 Å². The Kier molecular flexibility index (Phi) is 4.27. The molecule has 3 rings (SSSR count). The van der Waals surface area contributed by atoms with Gasteiger partial charge in [0.25, 0.3) is 0 Å². The van der Waals surface area contributed by atoms with Crippen LogP contribution in [0.3, 0.4) is 0 Å². The Bertz CT molecular complexity index is 785. The first kappa shape index (κ1) is 14.8. The first-order chi connectivity index (χ1) is 10.6. The van der Waals surface area contributed by atoms with Crippen LogP contribution in [0.5, 0.6) is 0 Å². The van der Waals surface area contributed by atoms with Crippen LogP contribution in [0.2, 0.25) is 5.02 Å². The lowest BCUT2D eigenvalue weighted by Crippen LogP contribution is -2.31. The van der Waals surface area contributed by atoms with Gasteiger partial charge in [0.2, 0.25) is 0 Å². The lowest BCUT2D eigenvalue weighted by atomic mass is 10.1. The zero-order valence-corrected chi connectivity index (χ0v) is 13.4. The van der Waals surface area contributed by atoms with Crippen molar-refractivity contribution in [3.05, 3.63) is 59.1 Å². The summed E-state index contributed by atoms with van der Waals surface area (Å²) < 4.78 is 1.04. The standard InChI is InChI=1S/C16H14ClN3OS/c1-10(11-6-2-3-7-12(11)17)18-15(21)20-16-19-13-8-4-5-9-14(13)22-16/h2-10H,1H3,(H2,18,19,20,21). The minimum atomic E-state index is -0.300. The van der Waals surface area contributed by atoms with Gasteiger partial charge in [0.1, 0.15) is 0 Å². The molecule has 6 heteroatoms. The second-order valence-corrected chi connectivity index (χ2v) is 6.27. The van der Waals surface area contributed by atoms with E-state index < -0.39 is 0 Å². The Morgan fingerprint density at radius 3 is 2.68 bits per heavy atom. The number of para-hydroxylation sites is 1. The van der Waals surface area contributed by atoms with Gasteiger partial charge in [0.05, 0.1) is 16.3 Å². The molecule has 2 amide bonds. The van der Waals surface area contributed by atoms with Gasteiger partial charge in [-0.15, -0.1) is 0 Å². The van der Waals surface area contributed by atoms with Crippen LogP contribution in [-0.4, -0.2) is 11.0 Å². The maximum absolute atomic E-state index is 12.1. The topological polar surface area (TPSA) is 54.0 Å². The summed E-state index contributed by atoms with van der Waals surface area (Å²) in [6.07, 6.45) is 0. The molecule has 22 heavy (non-hydrogen) atoms. The molecule has 0 aliphatic rings. The Morgan fingerprint density at radius 2 is 1.91 bits per heavy atom. The van der Waals surface area contributed by atoms with Crippen LogP contribution < -0.4 is 10.6 Å². The number of carbonyl (C=O) groups excluding carboxylic acids is 1. The molecular formula is C16H14ClN3OS. The summed E-state index contributed by atoms with van der Waals surface area (Å²) in [6, 6.07) is 14.7. The van der Waals surface area contributed by atoms with Crippen LogP contribution >= 0.6 is 22.9 Å². The monoisotopic (exact) mass is 331 g/mol. The fourth-order valence-electron chi connectivity index (χ4n) is 2.16. The number of nitrogens with zero attached hydrogens (tertiary/aromatic N) is 1. The van der Waals surface area contributed by atoms with Crippen molar-refractivity contribution in [2.75, 3.05) is 5.32 Å². The van der Waals surface area contributed by atoms with E-state index in [9.17, 15) is 4.79 Å². The first-order valence-electron chi connectivity index (χ1n) is 6.81. The van der Waals surface area contributed by atoms with Crippen LogP contribution in [0.25, 0.3) is 10.2 Å². The van der Waals surface area contributed by atoms with Crippen molar-refractivity contribution in [2.24, 2.45) is 0 Å². The predicted octanol–water partition coefficient (Wildman–Crippen LogP) is 4.83. The first-order valence-corrected chi connectivity index (χ1v) is 8.00.